The Balaban J connectivity index is 1.87. The summed E-state index contributed by atoms with van der Waals surface area (Å²) in [4.78, 5) is 15.9. The first kappa shape index (κ1) is 20.3. The van der Waals surface area contributed by atoms with Crippen LogP contribution in [0.1, 0.15) is 32.4 Å². The highest BCUT2D eigenvalue weighted by atomic mass is 32.2. The van der Waals surface area contributed by atoms with E-state index in [-0.39, 0.29) is 15.9 Å². The van der Waals surface area contributed by atoms with Crippen LogP contribution in [-0.2, 0) is 21.2 Å². The average Bonchev–Trinajstić information content (AvgIpc) is 2.99. The van der Waals surface area contributed by atoms with Gasteiger partial charge in [-0.3, -0.25) is 9.52 Å². The second-order valence-corrected chi connectivity index (χ2v) is 8.78. The Kier molecular flexibility index (Phi) is 7.10. The fourth-order valence-corrected chi connectivity index (χ4v) is 4.08. The number of nitrogens with one attached hydrogen (secondary N) is 2. The summed E-state index contributed by atoms with van der Waals surface area (Å²) >= 11 is 1.14. The predicted molar refractivity (Wildman–Crippen MR) is 100 cm³/mol. The minimum atomic E-state index is -3.82. The molecule has 0 radical (unpaired) electrons. The monoisotopic (exact) mass is 399 g/mol. The highest BCUT2D eigenvalue weighted by Gasteiger charge is 2.16. The van der Waals surface area contributed by atoms with E-state index in [0.29, 0.717) is 31.0 Å². The number of halogens is 1. The molecule has 0 atom stereocenters. The molecule has 1 aromatic carbocycles. The molecule has 0 aliphatic heterocycles. The number of benzene rings is 1. The molecule has 0 aliphatic rings. The van der Waals surface area contributed by atoms with Crippen molar-refractivity contribution >= 4 is 32.4 Å². The molecule has 0 bridgehead atoms. The van der Waals surface area contributed by atoms with Gasteiger partial charge in [-0.05, 0) is 43.0 Å². The van der Waals surface area contributed by atoms with Crippen LogP contribution in [0, 0.1) is 11.7 Å². The van der Waals surface area contributed by atoms with Gasteiger partial charge in [-0.2, -0.15) is 0 Å². The van der Waals surface area contributed by atoms with Gasteiger partial charge in [0.15, 0.2) is 5.13 Å². The number of sulfonamides is 1. The van der Waals surface area contributed by atoms with Gasteiger partial charge < -0.3 is 5.32 Å². The Morgan fingerprint density at radius 1 is 1.27 bits per heavy atom. The van der Waals surface area contributed by atoms with Crippen molar-refractivity contribution in [2.45, 2.75) is 38.0 Å². The molecule has 2 aromatic rings. The summed E-state index contributed by atoms with van der Waals surface area (Å²) in [5.41, 5.74) is 0.644. The molecule has 1 heterocycles. The van der Waals surface area contributed by atoms with Gasteiger partial charge in [0.25, 0.3) is 10.0 Å². The molecule has 0 saturated carbocycles. The fraction of sp³-hybridized carbons (Fsp3) is 0.412. The first-order chi connectivity index (χ1) is 12.3. The van der Waals surface area contributed by atoms with E-state index >= 15 is 0 Å². The van der Waals surface area contributed by atoms with Crippen molar-refractivity contribution in [3.8, 4) is 0 Å². The summed E-state index contributed by atoms with van der Waals surface area (Å²) in [6, 6.07) is 4.54. The van der Waals surface area contributed by atoms with Gasteiger partial charge in [-0.15, -0.1) is 11.3 Å². The molecular formula is C17H22FN3O3S2. The van der Waals surface area contributed by atoms with Crippen LogP contribution in [0.25, 0.3) is 0 Å². The molecule has 1 aromatic heterocycles. The van der Waals surface area contributed by atoms with Crippen LogP contribution in [0.4, 0.5) is 9.52 Å². The van der Waals surface area contributed by atoms with E-state index < -0.39 is 15.8 Å². The van der Waals surface area contributed by atoms with Crippen molar-refractivity contribution in [3.05, 3.63) is 41.2 Å². The van der Waals surface area contributed by atoms with Crippen LogP contribution in [-0.4, -0.2) is 25.9 Å². The highest BCUT2D eigenvalue weighted by molar-refractivity contribution is 7.93. The largest absolute Gasteiger partial charge is 0.356 e. The van der Waals surface area contributed by atoms with Crippen LogP contribution in [0.3, 0.4) is 0 Å². The Bertz CT molecular complexity index is 833. The van der Waals surface area contributed by atoms with Gasteiger partial charge in [0.2, 0.25) is 5.91 Å². The zero-order valence-corrected chi connectivity index (χ0v) is 16.3. The maximum Gasteiger partial charge on any atom is 0.263 e. The zero-order chi connectivity index (χ0) is 19.2. The molecular weight excluding hydrogens is 377 g/mol. The maximum atomic E-state index is 12.9. The Labute approximate surface area is 156 Å². The third kappa shape index (κ3) is 6.38. The smallest absolute Gasteiger partial charge is 0.263 e. The van der Waals surface area contributed by atoms with Gasteiger partial charge in [0.1, 0.15) is 5.82 Å². The van der Waals surface area contributed by atoms with Crippen molar-refractivity contribution < 1.29 is 17.6 Å². The van der Waals surface area contributed by atoms with E-state index in [1.54, 1.807) is 5.38 Å². The average molecular weight is 400 g/mol. The SMILES string of the molecule is CC(C)CCNC(=O)CCc1csc(NS(=O)(=O)c2ccc(F)cc2)n1. The normalized spacial score (nSPS) is 11.5. The first-order valence-corrected chi connectivity index (χ1v) is 10.6. The molecule has 0 aliphatic carbocycles. The molecule has 9 heteroatoms. The molecule has 142 valence electrons. The number of nitrogens with zero attached hydrogens (tertiary/aromatic N) is 1. The third-order valence-electron chi connectivity index (χ3n) is 3.55. The standard InChI is InChI=1S/C17H22FN3O3S2/c1-12(2)9-10-19-16(22)8-5-14-11-25-17(20-14)21-26(23,24)15-6-3-13(18)4-7-15/h3-4,6-7,11-12H,5,8-10H2,1-2H3,(H,19,22)(H,20,21). The summed E-state index contributed by atoms with van der Waals surface area (Å²) in [5.74, 6) is -0.0234. The number of rotatable bonds is 9. The van der Waals surface area contributed by atoms with Crippen molar-refractivity contribution in [2.24, 2.45) is 5.92 Å². The van der Waals surface area contributed by atoms with E-state index in [1.807, 2.05) is 0 Å². The van der Waals surface area contributed by atoms with Crippen LogP contribution in [0.2, 0.25) is 0 Å². The van der Waals surface area contributed by atoms with E-state index in [2.05, 4.69) is 28.9 Å². The number of thiazole rings is 1. The molecule has 0 unspecified atom stereocenters. The van der Waals surface area contributed by atoms with Crippen molar-refractivity contribution in [1.29, 1.82) is 0 Å². The van der Waals surface area contributed by atoms with E-state index in [4.69, 9.17) is 0 Å². The second-order valence-electron chi connectivity index (χ2n) is 6.24. The van der Waals surface area contributed by atoms with Gasteiger partial charge >= 0.3 is 0 Å². The number of amides is 1. The fourth-order valence-electron chi connectivity index (χ4n) is 2.09. The number of carbonyl (C=O) groups is 1. The summed E-state index contributed by atoms with van der Waals surface area (Å²) in [6.07, 6.45) is 1.66. The molecule has 0 spiro atoms. The number of aromatic nitrogens is 1. The van der Waals surface area contributed by atoms with Crippen molar-refractivity contribution in [2.75, 3.05) is 11.3 Å². The topological polar surface area (TPSA) is 88.2 Å². The van der Waals surface area contributed by atoms with Gasteiger partial charge in [-0.1, -0.05) is 13.8 Å². The van der Waals surface area contributed by atoms with Crippen molar-refractivity contribution in [1.82, 2.24) is 10.3 Å². The molecule has 2 rings (SSSR count). The second kappa shape index (κ2) is 9.09. The number of hydrogen-bond donors (Lipinski definition) is 2. The zero-order valence-electron chi connectivity index (χ0n) is 14.7. The first-order valence-electron chi connectivity index (χ1n) is 8.26. The summed E-state index contributed by atoms with van der Waals surface area (Å²) in [7, 11) is -3.82. The quantitative estimate of drug-likeness (QED) is 0.678. The number of carbonyl (C=O) groups excluding carboxylic acids is 1. The Hall–Kier alpha value is -2.00. The lowest BCUT2D eigenvalue weighted by molar-refractivity contribution is -0.121. The number of aryl methyl sites for hydroxylation is 1. The Morgan fingerprint density at radius 3 is 2.62 bits per heavy atom. The summed E-state index contributed by atoms with van der Waals surface area (Å²) < 4.78 is 39.7. The third-order valence-corrected chi connectivity index (χ3v) is 5.84. The minimum absolute atomic E-state index is 0.0415. The molecule has 1 amide bonds. The van der Waals surface area contributed by atoms with E-state index in [1.165, 1.54) is 12.1 Å². The van der Waals surface area contributed by atoms with Crippen LogP contribution in [0.15, 0.2) is 34.5 Å². The lowest BCUT2D eigenvalue weighted by Gasteiger charge is -2.06. The highest BCUT2D eigenvalue weighted by Crippen LogP contribution is 2.21. The summed E-state index contributed by atoms with van der Waals surface area (Å²) in [5, 5.41) is 4.77. The van der Waals surface area contributed by atoms with Gasteiger partial charge in [0, 0.05) is 18.3 Å². The van der Waals surface area contributed by atoms with Gasteiger partial charge in [-0.25, -0.2) is 17.8 Å². The van der Waals surface area contributed by atoms with Crippen LogP contribution < -0.4 is 10.0 Å². The molecule has 6 nitrogen and oxygen atoms in total. The minimum Gasteiger partial charge on any atom is -0.356 e. The molecule has 0 saturated heterocycles. The number of anilines is 1. The summed E-state index contributed by atoms with van der Waals surface area (Å²) in [6.45, 7) is 4.84. The van der Waals surface area contributed by atoms with E-state index in [0.717, 1.165) is 29.9 Å². The van der Waals surface area contributed by atoms with Gasteiger partial charge in [0.05, 0.1) is 10.6 Å². The molecule has 26 heavy (non-hydrogen) atoms. The lowest BCUT2D eigenvalue weighted by atomic mass is 10.1. The molecule has 2 N–H and O–H groups in total. The lowest BCUT2D eigenvalue weighted by Crippen LogP contribution is -2.25. The predicted octanol–water partition coefficient (Wildman–Crippen LogP) is 3.18. The number of hydrogen-bond acceptors (Lipinski definition) is 5. The van der Waals surface area contributed by atoms with Crippen LogP contribution in [0.5, 0.6) is 0 Å². The molecule has 0 fully saturated rings. The van der Waals surface area contributed by atoms with E-state index in [9.17, 15) is 17.6 Å². The van der Waals surface area contributed by atoms with Crippen molar-refractivity contribution in [3.63, 3.8) is 0 Å². The van der Waals surface area contributed by atoms with Crippen LogP contribution >= 0.6 is 11.3 Å². The Morgan fingerprint density at radius 2 is 1.96 bits per heavy atom. The maximum absolute atomic E-state index is 12.9.